The van der Waals surface area contributed by atoms with E-state index in [1.54, 1.807) is 19.2 Å². The van der Waals surface area contributed by atoms with Crippen molar-refractivity contribution in [2.75, 3.05) is 24.2 Å². The summed E-state index contributed by atoms with van der Waals surface area (Å²) in [5, 5.41) is 3.29. The van der Waals surface area contributed by atoms with Crippen LogP contribution in [0.4, 0.5) is 11.5 Å². The second-order valence-electron chi connectivity index (χ2n) is 5.71. The molecule has 20 heavy (non-hydrogen) atoms. The molecule has 1 aliphatic rings. The number of carbonyl (C=O) groups excluding carboxylic acids is 1. The summed E-state index contributed by atoms with van der Waals surface area (Å²) >= 11 is 0. The van der Waals surface area contributed by atoms with Crippen molar-refractivity contribution in [3.8, 4) is 0 Å². The summed E-state index contributed by atoms with van der Waals surface area (Å²) in [6.07, 6.45) is 4.05. The van der Waals surface area contributed by atoms with E-state index in [0.717, 1.165) is 6.54 Å². The molecule has 1 saturated carbocycles. The van der Waals surface area contributed by atoms with Crippen LogP contribution in [0.25, 0.3) is 0 Å². The minimum Gasteiger partial charge on any atom is -0.462 e. The Morgan fingerprint density at radius 2 is 2.25 bits per heavy atom. The molecule has 0 amide bonds. The zero-order valence-electron chi connectivity index (χ0n) is 12.4. The molecule has 110 valence electrons. The van der Waals surface area contributed by atoms with Crippen LogP contribution in [0.5, 0.6) is 0 Å². The van der Waals surface area contributed by atoms with Gasteiger partial charge in [-0.15, -0.1) is 0 Å². The molecule has 1 aromatic heterocycles. The van der Waals surface area contributed by atoms with Crippen molar-refractivity contribution in [1.29, 1.82) is 0 Å². The molecule has 0 radical (unpaired) electrons. The van der Waals surface area contributed by atoms with Gasteiger partial charge in [-0.2, -0.15) is 0 Å². The monoisotopic (exact) mass is 277 g/mol. The molecule has 1 aliphatic carbocycles. The molecule has 5 nitrogen and oxygen atoms in total. The summed E-state index contributed by atoms with van der Waals surface area (Å²) < 4.78 is 4.99. The zero-order valence-corrected chi connectivity index (χ0v) is 12.4. The van der Waals surface area contributed by atoms with Crippen molar-refractivity contribution in [3.63, 3.8) is 0 Å². The summed E-state index contributed by atoms with van der Waals surface area (Å²) in [6.45, 7) is 7.42. The number of pyridine rings is 1. The van der Waals surface area contributed by atoms with Crippen LogP contribution in [0.15, 0.2) is 12.3 Å². The smallest absolute Gasteiger partial charge is 0.340 e. The van der Waals surface area contributed by atoms with E-state index in [-0.39, 0.29) is 0 Å². The van der Waals surface area contributed by atoms with Crippen molar-refractivity contribution >= 4 is 17.5 Å². The number of anilines is 2. The number of rotatable bonds is 6. The van der Waals surface area contributed by atoms with E-state index in [1.807, 2.05) is 0 Å². The Labute approximate surface area is 119 Å². The maximum Gasteiger partial charge on any atom is 0.340 e. The van der Waals surface area contributed by atoms with Crippen LogP contribution in [0, 0.1) is 11.3 Å². The first-order valence-electron chi connectivity index (χ1n) is 7.15. The third-order valence-corrected chi connectivity index (χ3v) is 4.21. The van der Waals surface area contributed by atoms with Crippen LogP contribution >= 0.6 is 0 Å². The quantitative estimate of drug-likeness (QED) is 0.782. The molecule has 1 fully saturated rings. The fourth-order valence-corrected chi connectivity index (χ4v) is 2.38. The minimum absolute atomic E-state index is 0.333. The fraction of sp³-hybridized carbons (Fsp3) is 0.600. The second kappa shape index (κ2) is 5.69. The Kier molecular flexibility index (Phi) is 4.16. The molecule has 0 spiro atoms. The maximum atomic E-state index is 11.8. The molecular weight excluding hydrogens is 254 g/mol. The van der Waals surface area contributed by atoms with Crippen LogP contribution in [0.1, 0.15) is 44.0 Å². The highest BCUT2D eigenvalue weighted by atomic mass is 16.5. The Morgan fingerprint density at radius 3 is 2.80 bits per heavy atom. The Hall–Kier alpha value is -1.78. The van der Waals surface area contributed by atoms with Gasteiger partial charge in [0.05, 0.1) is 17.9 Å². The summed E-state index contributed by atoms with van der Waals surface area (Å²) in [4.78, 5) is 16.0. The summed E-state index contributed by atoms with van der Waals surface area (Å²) in [7, 11) is 0. The standard InChI is InChI=1S/C15H23N3O2/c1-4-20-14(19)11-5-8-17-13(12(11)16)18-9-15(6-7-15)10(2)3/h5,8,10H,4,6-7,9,16H2,1-3H3,(H,17,18). The van der Waals surface area contributed by atoms with Crippen molar-refractivity contribution in [2.24, 2.45) is 11.3 Å². The maximum absolute atomic E-state index is 11.8. The number of hydrogen-bond donors (Lipinski definition) is 2. The highest BCUT2D eigenvalue weighted by molar-refractivity contribution is 5.97. The number of aromatic nitrogens is 1. The third kappa shape index (κ3) is 2.86. The minimum atomic E-state index is -0.402. The first-order valence-corrected chi connectivity index (χ1v) is 7.15. The van der Waals surface area contributed by atoms with Crippen LogP contribution in [0.2, 0.25) is 0 Å². The number of nitrogens with zero attached hydrogens (tertiary/aromatic N) is 1. The van der Waals surface area contributed by atoms with Crippen LogP contribution < -0.4 is 11.1 Å². The van der Waals surface area contributed by atoms with Gasteiger partial charge >= 0.3 is 5.97 Å². The third-order valence-electron chi connectivity index (χ3n) is 4.21. The number of esters is 1. The van der Waals surface area contributed by atoms with Crippen molar-refractivity contribution in [1.82, 2.24) is 4.98 Å². The fourth-order valence-electron chi connectivity index (χ4n) is 2.38. The molecule has 1 aromatic rings. The molecule has 1 heterocycles. The predicted octanol–water partition coefficient (Wildman–Crippen LogP) is 2.69. The molecule has 0 aromatic carbocycles. The highest BCUT2D eigenvalue weighted by Gasteiger charge is 2.45. The number of nitrogens with two attached hydrogens (primary N) is 1. The van der Waals surface area contributed by atoms with E-state index in [4.69, 9.17) is 10.5 Å². The topological polar surface area (TPSA) is 77.2 Å². The lowest BCUT2D eigenvalue weighted by Crippen LogP contribution is -2.22. The Balaban J connectivity index is 2.09. The second-order valence-corrected chi connectivity index (χ2v) is 5.71. The van der Waals surface area contributed by atoms with E-state index in [0.29, 0.717) is 35.0 Å². The molecule has 2 rings (SSSR count). The largest absolute Gasteiger partial charge is 0.462 e. The number of ether oxygens (including phenoxy) is 1. The van der Waals surface area contributed by atoms with Gasteiger partial charge in [-0.1, -0.05) is 13.8 Å². The molecule has 0 aliphatic heterocycles. The normalized spacial score (nSPS) is 16.0. The molecule has 0 atom stereocenters. The molecule has 0 unspecified atom stereocenters. The number of nitrogens with one attached hydrogen (secondary N) is 1. The van der Waals surface area contributed by atoms with E-state index >= 15 is 0 Å². The molecule has 0 saturated heterocycles. The van der Waals surface area contributed by atoms with Crippen molar-refractivity contribution in [3.05, 3.63) is 17.8 Å². The number of carbonyl (C=O) groups is 1. The highest BCUT2D eigenvalue weighted by Crippen LogP contribution is 2.51. The average Bonchev–Trinajstić information content (AvgIpc) is 3.19. The Bertz CT molecular complexity index is 496. The lowest BCUT2D eigenvalue weighted by atomic mass is 9.92. The van der Waals surface area contributed by atoms with Crippen LogP contribution in [-0.2, 0) is 4.74 Å². The molecule has 5 heteroatoms. The van der Waals surface area contributed by atoms with Gasteiger partial charge in [0.1, 0.15) is 5.82 Å². The zero-order chi connectivity index (χ0) is 14.8. The van der Waals surface area contributed by atoms with Crippen molar-refractivity contribution < 1.29 is 9.53 Å². The van der Waals surface area contributed by atoms with Gasteiger partial charge in [0, 0.05) is 12.7 Å². The SMILES string of the molecule is CCOC(=O)c1ccnc(NCC2(C(C)C)CC2)c1N. The van der Waals surface area contributed by atoms with E-state index < -0.39 is 5.97 Å². The van der Waals surface area contributed by atoms with Gasteiger partial charge in [0.15, 0.2) is 0 Å². The van der Waals surface area contributed by atoms with Crippen molar-refractivity contribution in [2.45, 2.75) is 33.6 Å². The number of hydrogen-bond acceptors (Lipinski definition) is 5. The lowest BCUT2D eigenvalue weighted by molar-refractivity contribution is 0.0527. The summed E-state index contributed by atoms with van der Waals surface area (Å²) in [6, 6.07) is 1.59. The van der Waals surface area contributed by atoms with Crippen LogP contribution in [-0.4, -0.2) is 24.1 Å². The van der Waals surface area contributed by atoms with Gasteiger partial charge < -0.3 is 15.8 Å². The van der Waals surface area contributed by atoms with E-state index in [1.165, 1.54) is 12.8 Å². The van der Waals surface area contributed by atoms with Gasteiger partial charge in [-0.05, 0) is 37.2 Å². The first kappa shape index (κ1) is 14.6. The average molecular weight is 277 g/mol. The van der Waals surface area contributed by atoms with Crippen LogP contribution in [0.3, 0.4) is 0 Å². The molecule has 0 bridgehead atoms. The van der Waals surface area contributed by atoms with E-state index in [2.05, 4.69) is 24.1 Å². The van der Waals surface area contributed by atoms with Gasteiger partial charge in [-0.3, -0.25) is 0 Å². The number of nitrogen functional groups attached to an aromatic ring is 1. The first-order chi connectivity index (χ1) is 9.50. The molecule has 3 N–H and O–H groups in total. The van der Waals surface area contributed by atoms with Gasteiger partial charge in [0.25, 0.3) is 0 Å². The van der Waals surface area contributed by atoms with Gasteiger partial charge in [-0.25, -0.2) is 9.78 Å². The predicted molar refractivity (Wildman–Crippen MR) is 79.6 cm³/mol. The molecular formula is C15H23N3O2. The lowest BCUT2D eigenvalue weighted by Gasteiger charge is -2.21. The summed E-state index contributed by atoms with van der Waals surface area (Å²) in [5.41, 5.74) is 7.11. The van der Waals surface area contributed by atoms with Gasteiger partial charge in [0.2, 0.25) is 0 Å². The van der Waals surface area contributed by atoms with E-state index in [9.17, 15) is 4.79 Å². The Morgan fingerprint density at radius 1 is 1.55 bits per heavy atom. The summed E-state index contributed by atoms with van der Waals surface area (Å²) in [5.74, 6) is 0.799.